The van der Waals surface area contributed by atoms with E-state index in [4.69, 9.17) is 14.9 Å². The number of hydrogen-bond acceptors (Lipinski definition) is 5. The van der Waals surface area contributed by atoms with Crippen LogP contribution in [0.1, 0.15) is 40.7 Å². The maximum Gasteiger partial charge on any atom is 0.328 e. The number of ether oxygens (including phenoxy) is 1. The SMILES string of the molecule is CCc1c(C)[nH]c2c1C(=O)C(CN1CCOCC1)CC2.O=C(O)/C=C\C(=O)O. The van der Waals surface area contributed by atoms with Crippen LogP contribution in [0.4, 0.5) is 0 Å². The highest BCUT2D eigenvalue weighted by molar-refractivity contribution is 6.01. The fourth-order valence-corrected chi connectivity index (χ4v) is 3.73. The first-order valence-corrected chi connectivity index (χ1v) is 9.52. The van der Waals surface area contributed by atoms with Gasteiger partial charge in [-0.1, -0.05) is 6.92 Å². The fourth-order valence-electron chi connectivity index (χ4n) is 3.73. The quantitative estimate of drug-likeness (QED) is 0.652. The number of aliphatic carboxylic acids is 2. The third-order valence-corrected chi connectivity index (χ3v) is 5.06. The highest BCUT2D eigenvalue weighted by Crippen LogP contribution is 2.30. The molecule has 0 spiro atoms. The third kappa shape index (κ3) is 5.77. The molecule has 1 atom stereocenters. The highest BCUT2D eigenvalue weighted by Gasteiger charge is 2.32. The van der Waals surface area contributed by atoms with Crippen LogP contribution in [0.5, 0.6) is 0 Å². The number of fused-ring (bicyclic) bond motifs is 1. The molecular formula is C20H28N2O6. The molecule has 28 heavy (non-hydrogen) atoms. The lowest BCUT2D eigenvalue weighted by atomic mass is 9.83. The van der Waals surface area contributed by atoms with Crippen molar-refractivity contribution in [3.8, 4) is 0 Å². The number of carboxylic acids is 2. The Labute approximate surface area is 164 Å². The van der Waals surface area contributed by atoms with Gasteiger partial charge in [-0.2, -0.15) is 0 Å². The summed E-state index contributed by atoms with van der Waals surface area (Å²) >= 11 is 0. The van der Waals surface area contributed by atoms with Gasteiger partial charge in [0.1, 0.15) is 0 Å². The summed E-state index contributed by atoms with van der Waals surface area (Å²) < 4.78 is 5.38. The lowest BCUT2D eigenvalue weighted by Gasteiger charge is -2.31. The van der Waals surface area contributed by atoms with Crippen LogP contribution in [-0.4, -0.2) is 70.7 Å². The lowest BCUT2D eigenvalue weighted by Crippen LogP contribution is -2.42. The fraction of sp³-hybridized carbons (Fsp3) is 0.550. The summed E-state index contributed by atoms with van der Waals surface area (Å²) in [5.41, 5.74) is 4.59. The molecule has 2 heterocycles. The zero-order valence-corrected chi connectivity index (χ0v) is 16.4. The average Bonchev–Trinajstić information content (AvgIpc) is 2.99. The molecule has 1 aliphatic carbocycles. The summed E-state index contributed by atoms with van der Waals surface area (Å²) in [6.07, 6.45) is 4.04. The van der Waals surface area contributed by atoms with Gasteiger partial charge in [0, 0.05) is 54.7 Å². The van der Waals surface area contributed by atoms with Crippen LogP contribution in [-0.2, 0) is 27.2 Å². The second-order valence-corrected chi connectivity index (χ2v) is 6.96. The molecule has 8 heteroatoms. The van der Waals surface area contributed by atoms with Gasteiger partial charge in [-0.3, -0.25) is 9.69 Å². The maximum absolute atomic E-state index is 12.8. The monoisotopic (exact) mass is 392 g/mol. The Morgan fingerprint density at radius 3 is 2.36 bits per heavy atom. The molecule has 3 rings (SSSR count). The van der Waals surface area contributed by atoms with Gasteiger partial charge in [0.05, 0.1) is 13.2 Å². The van der Waals surface area contributed by atoms with E-state index in [1.54, 1.807) is 0 Å². The van der Waals surface area contributed by atoms with E-state index < -0.39 is 11.9 Å². The number of nitrogens with one attached hydrogen (secondary N) is 1. The number of Topliss-reactive ketones (excluding diaryl/α,β-unsaturated/α-hetero) is 1. The van der Waals surface area contributed by atoms with Crippen molar-refractivity contribution >= 4 is 17.7 Å². The summed E-state index contributed by atoms with van der Waals surface area (Å²) in [5.74, 6) is -1.99. The average molecular weight is 392 g/mol. The van der Waals surface area contributed by atoms with Gasteiger partial charge in [-0.15, -0.1) is 0 Å². The van der Waals surface area contributed by atoms with Crippen molar-refractivity contribution in [1.29, 1.82) is 0 Å². The Morgan fingerprint density at radius 1 is 1.21 bits per heavy atom. The van der Waals surface area contributed by atoms with E-state index in [9.17, 15) is 14.4 Å². The zero-order chi connectivity index (χ0) is 20.7. The Morgan fingerprint density at radius 2 is 1.82 bits per heavy atom. The van der Waals surface area contributed by atoms with Gasteiger partial charge in [0.25, 0.3) is 0 Å². The minimum absolute atomic E-state index is 0.168. The number of morpholine rings is 1. The largest absolute Gasteiger partial charge is 0.478 e. The number of aromatic nitrogens is 1. The van der Waals surface area contributed by atoms with Gasteiger partial charge in [-0.25, -0.2) is 9.59 Å². The van der Waals surface area contributed by atoms with E-state index in [0.717, 1.165) is 57.7 Å². The van der Waals surface area contributed by atoms with Crippen molar-refractivity contribution in [2.45, 2.75) is 33.1 Å². The molecule has 1 aromatic heterocycles. The van der Waals surface area contributed by atoms with Gasteiger partial charge in [0.2, 0.25) is 0 Å². The molecule has 0 bridgehead atoms. The Hall–Kier alpha value is -2.45. The summed E-state index contributed by atoms with van der Waals surface area (Å²) in [6, 6.07) is 0. The van der Waals surface area contributed by atoms with Crippen molar-refractivity contribution in [2.24, 2.45) is 5.92 Å². The highest BCUT2D eigenvalue weighted by atomic mass is 16.5. The van der Waals surface area contributed by atoms with E-state index in [0.29, 0.717) is 17.9 Å². The number of H-pyrrole nitrogens is 1. The van der Waals surface area contributed by atoms with E-state index in [1.807, 2.05) is 0 Å². The molecule has 0 aromatic carbocycles. The molecular weight excluding hydrogens is 364 g/mol. The van der Waals surface area contributed by atoms with E-state index in [2.05, 4.69) is 23.7 Å². The Bertz CT molecular complexity index is 730. The van der Waals surface area contributed by atoms with Crippen LogP contribution in [0.25, 0.3) is 0 Å². The van der Waals surface area contributed by atoms with E-state index >= 15 is 0 Å². The van der Waals surface area contributed by atoms with Crippen LogP contribution in [0, 0.1) is 12.8 Å². The number of carboxylic acid groups (broad SMARTS) is 2. The number of carbonyl (C=O) groups is 3. The zero-order valence-electron chi connectivity index (χ0n) is 16.4. The van der Waals surface area contributed by atoms with Crippen molar-refractivity contribution in [3.05, 3.63) is 34.7 Å². The van der Waals surface area contributed by atoms with Gasteiger partial charge < -0.3 is 19.9 Å². The number of ketones is 1. The van der Waals surface area contributed by atoms with Crippen molar-refractivity contribution in [2.75, 3.05) is 32.8 Å². The molecule has 1 unspecified atom stereocenters. The first-order valence-electron chi connectivity index (χ1n) is 9.52. The van der Waals surface area contributed by atoms with Crippen molar-refractivity contribution < 1.29 is 29.3 Å². The summed E-state index contributed by atoms with van der Waals surface area (Å²) in [4.78, 5) is 37.7. The summed E-state index contributed by atoms with van der Waals surface area (Å²) in [5, 5.41) is 15.6. The predicted octanol–water partition coefficient (Wildman–Crippen LogP) is 1.67. The summed E-state index contributed by atoms with van der Waals surface area (Å²) in [6.45, 7) is 8.64. The normalized spacial score (nSPS) is 19.8. The number of hydrogen-bond donors (Lipinski definition) is 3. The Kier molecular flexibility index (Phi) is 7.95. The van der Waals surface area contributed by atoms with Crippen molar-refractivity contribution in [3.63, 3.8) is 0 Å². The third-order valence-electron chi connectivity index (χ3n) is 5.06. The van der Waals surface area contributed by atoms with Crippen LogP contribution < -0.4 is 0 Å². The van der Waals surface area contributed by atoms with E-state index in [1.165, 1.54) is 17.0 Å². The number of aryl methyl sites for hydroxylation is 2. The molecule has 1 fully saturated rings. The van der Waals surface area contributed by atoms with Crippen LogP contribution in [0.3, 0.4) is 0 Å². The number of nitrogens with zero attached hydrogens (tertiary/aromatic N) is 1. The Balaban J connectivity index is 0.000000300. The first-order chi connectivity index (χ1) is 13.3. The first kappa shape index (κ1) is 21.8. The van der Waals surface area contributed by atoms with Crippen LogP contribution in [0.15, 0.2) is 12.2 Å². The molecule has 0 radical (unpaired) electrons. The van der Waals surface area contributed by atoms with Crippen molar-refractivity contribution in [1.82, 2.24) is 9.88 Å². The maximum atomic E-state index is 12.8. The molecule has 1 aliphatic heterocycles. The number of aromatic amines is 1. The molecule has 0 amide bonds. The standard InChI is InChI=1S/C16H24N2O2.C4H4O4/c1-3-13-11(2)17-14-5-4-12(16(19)15(13)14)10-18-6-8-20-9-7-18;5-3(6)1-2-4(7)8/h12,17H,3-10H2,1-2H3;1-2H,(H,5,6)(H,7,8)/b;2-1-. The smallest absolute Gasteiger partial charge is 0.328 e. The lowest BCUT2D eigenvalue weighted by molar-refractivity contribution is -0.134. The second-order valence-electron chi connectivity index (χ2n) is 6.96. The molecule has 2 aliphatic rings. The van der Waals surface area contributed by atoms with E-state index in [-0.39, 0.29) is 5.92 Å². The minimum atomic E-state index is -1.26. The van der Waals surface area contributed by atoms with Gasteiger partial charge in [-0.05, 0) is 31.7 Å². The molecule has 0 saturated carbocycles. The minimum Gasteiger partial charge on any atom is -0.478 e. The molecule has 8 nitrogen and oxygen atoms in total. The number of carbonyl (C=O) groups excluding carboxylic acids is 1. The second kappa shape index (κ2) is 10.2. The van der Waals surface area contributed by atoms with Gasteiger partial charge >= 0.3 is 11.9 Å². The molecule has 3 N–H and O–H groups in total. The summed E-state index contributed by atoms with van der Waals surface area (Å²) in [7, 11) is 0. The molecule has 154 valence electrons. The number of rotatable bonds is 5. The molecule has 1 aromatic rings. The van der Waals surface area contributed by atoms with Crippen LogP contribution >= 0.6 is 0 Å². The topological polar surface area (TPSA) is 120 Å². The molecule has 1 saturated heterocycles. The van der Waals surface area contributed by atoms with Gasteiger partial charge in [0.15, 0.2) is 5.78 Å². The van der Waals surface area contributed by atoms with Crippen LogP contribution in [0.2, 0.25) is 0 Å². The predicted molar refractivity (Wildman–Crippen MR) is 103 cm³/mol.